The summed E-state index contributed by atoms with van der Waals surface area (Å²) < 4.78 is 112. The summed E-state index contributed by atoms with van der Waals surface area (Å²) in [7, 11) is -4.17. The predicted molar refractivity (Wildman–Crippen MR) is 212 cm³/mol. The van der Waals surface area contributed by atoms with E-state index in [1.165, 1.54) is 33.3 Å². The number of halogens is 6. The molecule has 0 fully saturated rings. The van der Waals surface area contributed by atoms with Gasteiger partial charge in [-0.05, 0) is 99.6 Å². The van der Waals surface area contributed by atoms with Gasteiger partial charge >= 0.3 is 31.8 Å². The molecular formula is C43H48F6N4O6P+. The number of nitrogens with one attached hydrogen (secondary N) is 2. The first kappa shape index (κ1) is 42.3. The zero-order valence-corrected chi connectivity index (χ0v) is 34.1. The van der Waals surface area contributed by atoms with Crippen molar-refractivity contribution in [3.63, 3.8) is 0 Å². The van der Waals surface area contributed by atoms with Gasteiger partial charge in [-0.25, -0.2) is 4.58 Å². The second-order valence-electron chi connectivity index (χ2n) is 16.0. The molecule has 8 rings (SSSR count). The molecule has 0 aromatic heterocycles. The minimum absolute atomic E-state index is 0.0976. The van der Waals surface area contributed by atoms with Crippen molar-refractivity contribution in [3.8, 4) is 11.5 Å². The van der Waals surface area contributed by atoms with Crippen LogP contribution in [0.5, 0.6) is 11.5 Å². The number of carbonyl (C=O) groups is 2. The van der Waals surface area contributed by atoms with Crippen molar-refractivity contribution in [1.82, 2.24) is 15.2 Å². The van der Waals surface area contributed by atoms with E-state index in [0.717, 1.165) is 111 Å². The highest BCUT2D eigenvalue weighted by atomic mass is 31.2. The van der Waals surface area contributed by atoms with Crippen molar-refractivity contribution >= 4 is 36.0 Å². The van der Waals surface area contributed by atoms with E-state index in [4.69, 9.17) is 13.8 Å². The number of aryl methyl sites for hydroxylation is 2. The van der Waals surface area contributed by atoms with Crippen molar-refractivity contribution in [1.29, 1.82) is 0 Å². The van der Waals surface area contributed by atoms with Crippen LogP contribution in [0.3, 0.4) is 0 Å². The summed E-state index contributed by atoms with van der Waals surface area (Å²) in [4.78, 5) is 25.0. The zero-order chi connectivity index (χ0) is 42.2. The van der Waals surface area contributed by atoms with E-state index < -0.39 is 31.8 Å². The van der Waals surface area contributed by atoms with Gasteiger partial charge in [-0.1, -0.05) is 12.1 Å². The third-order valence-electron chi connectivity index (χ3n) is 11.9. The number of hydrogen-bond donors (Lipinski definition) is 2. The Bertz CT molecular complexity index is 2320. The molecule has 5 aliphatic heterocycles. The molecule has 0 spiro atoms. The summed E-state index contributed by atoms with van der Waals surface area (Å²) in [6.45, 7) is 3.08. The number of ether oxygens (including phenoxy) is 1. The number of anilines is 1. The molecule has 0 saturated heterocycles. The number of nitrogens with zero attached hydrogens (tertiary/aromatic N) is 2. The van der Waals surface area contributed by atoms with Gasteiger partial charge < -0.3 is 29.3 Å². The second-order valence-corrected chi connectivity index (χ2v) is 18.0. The number of rotatable bonds is 14. The van der Waals surface area contributed by atoms with Gasteiger partial charge in [-0.15, -0.1) is 0 Å². The Morgan fingerprint density at radius 1 is 0.750 bits per heavy atom. The first-order chi connectivity index (χ1) is 28.7. The Morgan fingerprint density at radius 2 is 1.37 bits per heavy atom. The SMILES string of the molecule is O=C(NCCCCOP(=O)(OCCCCNC(=O)C(F)(F)F)c1cccc(C2=c3cc4c5c(c3Oc3c2cc2c6c3CCCN6CCC2)CCC[N+]=5CCC4)c1)C(F)(F)F. The summed E-state index contributed by atoms with van der Waals surface area (Å²) in [5.74, 6) is -2.41. The normalized spacial score (nSPS) is 16.9. The van der Waals surface area contributed by atoms with Gasteiger partial charge in [0.05, 0.1) is 24.1 Å². The first-order valence-corrected chi connectivity index (χ1v) is 22.4. The summed E-state index contributed by atoms with van der Waals surface area (Å²) in [5.41, 5.74) is 8.92. The molecule has 0 bridgehead atoms. The van der Waals surface area contributed by atoms with E-state index in [9.17, 15) is 40.5 Å². The third kappa shape index (κ3) is 8.56. The van der Waals surface area contributed by atoms with Crippen LogP contribution < -0.4 is 40.7 Å². The Hall–Kier alpha value is -4.40. The predicted octanol–water partition coefficient (Wildman–Crippen LogP) is 5.89. The molecule has 0 atom stereocenters. The van der Waals surface area contributed by atoms with Crippen molar-refractivity contribution in [2.24, 2.45) is 0 Å². The number of benzene rings is 3. The Morgan fingerprint density at radius 3 is 2.03 bits per heavy atom. The van der Waals surface area contributed by atoms with E-state index in [1.54, 1.807) is 18.2 Å². The monoisotopic (exact) mass is 861 g/mol. The summed E-state index contributed by atoms with van der Waals surface area (Å²) in [5, 5.41) is 6.09. The highest BCUT2D eigenvalue weighted by Crippen LogP contribution is 2.50. The fourth-order valence-corrected chi connectivity index (χ4v) is 10.9. The average Bonchev–Trinajstić information content (AvgIpc) is 3.22. The molecule has 5 heterocycles. The molecule has 322 valence electrons. The minimum atomic E-state index is -5.02. The molecule has 60 heavy (non-hydrogen) atoms. The van der Waals surface area contributed by atoms with E-state index in [0.29, 0.717) is 0 Å². The van der Waals surface area contributed by atoms with Gasteiger partial charge in [0.2, 0.25) is 5.36 Å². The molecule has 3 aromatic rings. The lowest BCUT2D eigenvalue weighted by molar-refractivity contribution is -0.173. The average molecular weight is 862 g/mol. The fourth-order valence-electron chi connectivity index (χ4n) is 9.27. The largest absolute Gasteiger partial charge is 0.471 e. The highest BCUT2D eigenvalue weighted by Gasteiger charge is 2.40. The van der Waals surface area contributed by atoms with Crippen LogP contribution in [0.1, 0.15) is 84.7 Å². The van der Waals surface area contributed by atoms with Crippen LogP contribution in [0.2, 0.25) is 0 Å². The van der Waals surface area contributed by atoms with Crippen molar-refractivity contribution in [2.45, 2.75) is 89.4 Å². The first-order valence-electron chi connectivity index (χ1n) is 20.9. The lowest BCUT2D eigenvalue weighted by Crippen LogP contribution is -2.45. The lowest BCUT2D eigenvalue weighted by Gasteiger charge is -2.39. The van der Waals surface area contributed by atoms with Crippen LogP contribution in [0, 0.1) is 0 Å². The molecule has 0 radical (unpaired) electrons. The quantitative estimate of drug-likeness (QED) is 0.0705. The van der Waals surface area contributed by atoms with Crippen LogP contribution in [0.15, 0.2) is 36.4 Å². The summed E-state index contributed by atoms with van der Waals surface area (Å²) >= 11 is 0. The van der Waals surface area contributed by atoms with E-state index >= 15 is 0 Å². The fraction of sp³-hybridized carbons (Fsp3) is 0.512. The second kappa shape index (κ2) is 17.2. The number of unbranched alkanes of at least 4 members (excludes halogenated alkanes) is 2. The summed E-state index contributed by atoms with van der Waals surface area (Å²) in [6, 6.07) is 11.7. The molecule has 2 amide bonds. The number of hydrogen-bond acceptors (Lipinski definition) is 7. The molecule has 0 aliphatic carbocycles. The van der Waals surface area contributed by atoms with Crippen LogP contribution >= 0.6 is 7.60 Å². The van der Waals surface area contributed by atoms with Crippen LogP contribution in [-0.2, 0) is 48.9 Å². The molecule has 10 nitrogen and oxygen atoms in total. The maximum atomic E-state index is 14.8. The highest BCUT2D eigenvalue weighted by molar-refractivity contribution is 7.62. The van der Waals surface area contributed by atoms with Gasteiger partial charge in [-0.2, -0.15) is 26.3 Å². The van der Waals surface area contributed by atoms with Gasteiger partial charge in [0, 0.05) is 72.2 Å². The maximum absolute atomic E-state index is 14.8. The van der Waals surface area contributed by atoms with Crippen molar-refractivity contribution in [2.75, 3.05) is 57.4 Å². The zero-order valence-electron chi connectivity index (χ0n) is 33.2. The van der Waals surface area contributed by atoms with Crippen molar-refractivity contribution < 1.29 is 54.3 Å². The molecular weight excluding hydrogens is 813 g/mol. The van der Waals surface area contributed by atoms with Crippen LogP contribution in [-0.4, -0.2) is 76.6 Å². The maximum Gasteiger partial charge on any atom is 0.471 e. The van der Waals surface area contributed by atoms with Gasteiger partial charge in [0.15, 0.2) is 0 Å². The summed E-state index contributed by atoms with van der Waals surface area (Å²) in [6.07, 6.45) is -1.81. The number of carbonyl (C=O) groups excluding carboxylic acids is 2. The topological polar surface area (TPSA) is 109 Å². The smallest absolute Gasteiger partial charge is 0.455 e. The third-order valence-corrected chi connectivity index (χ3v) is 13.8. The molecule has 17 heteroatoms. The van der Waals surface area contributed by atoms with E-state index in [1.807, 2.05) is 16.7 Å². The Labute approximate surface area is 343 Å². The van der Waals surface area contributed by atoms with Crippen molar-refractivity contribution in [3.05, 3.63) is 80.4 Å². The number of alkyl halides is 6. The molecule has 5 aliphatic rings. The Kier molecular flexibility index (Phi) is 12.1. The number of amides is 2. The van der Waals surface area contributed by atoms with Gasteiger partial charge in [-0.3, -0.25) is 14.2 Å². The minimum Gasteiger partial charge on any atom is -0.455 e. The van der Waals surface area contributed by atoms with Gasteiger partial charge in [0.25, 0.3) is 0 Å². The number of fused-ring (bicyclic) bond motifs is 4. The Balaban J connectivity index is 1.16. The molecule has 0 unspecified atom stereocenters. The van der Waals surface area contributed by atoms with E-state index in [-0.39, 0.29) is 57.3 Å². The molecule has 2 N–H and O–H groups in total. The van der Waals surface area contributed by atoms with Crippen LogP contribution in [0.4, 0.5) is 32.0 Å². The standard InChI is InChI=1S/C43H47F6N4O6P/c44-42(45,46)40(54)50-16-1-3-22-57-60(56,58-23-4-2-17-51-41(55)43(47,48)49)30-13-5-10-27(24-30)35-33-25-28-11-6-18-52-20-8-14-31(36(28)52)38(33)59-39-32-15-9-21-53-19-7-12-29(37(32)53)26-34(35)39/h5,10,13,24-26H,1-4,6-9,11-12,14-23H2,(H-,50,51,54,55)/p+1. The van der Waals surface area contributed by atoms with Gasteiger partial charge in [0.1, 0.15) is 24.6 Å². The van der Waals surface area contributed by atoms with E-state index in [2.05, 4.69) is 21.6 Å². The van der Waals surface area contributed by atoms with Crippen LogP contribution in [0.25, 0.3) is 5.57 Å². The molecule has 3 aromatic carbocycles. The molecule has 0 saturated carbocycles. The lowest BCUT2D eigenvalue weighted by atomic mass is 9.82.